The van der Waals surface area contributed by atoms with Crippen LogP contribution < -0.4 is 4.74 Å². The van der Waals surface area contributed by atoms with E-state index in [1.165, 1.54) is 18.2 Å². The van der Waals surface area contributed by atoms with E-state index in [0.29, 0.717) is 18.4 Å². The number of methoxy groups -OCH3 is 1. The van der Waals surface area contributed by atoms with E-state index in [4.69, 9.17) is 16.3 Å². The van der Waals surface area contributed by atoms with Crippen LogP contribution in [0.15, 0.2) is 42.5 Å². The molecule has 4 heteroatoms. The van der Waals surface area contributed by atoms with Gasteiger partial charge in [0, 0.05) is 5.02 Å². The second-order valence-corrected chi connectivity index (χ2v) is 4.98. The molecule has 0 aliphatic heterocycles. The summed E-state index contributed by atoms with van der Waals surface area (Å²) in [6.07, 6.45) is 0.529. The Morgan fingerprint density at radius 3 is 2.50 bits per heavy atom. The summed E-state index contributed by atoms with van der Waals surface area (Å²) in [6.45, 7) is 0. The Labute approximate surface area is 122 Å². The Bertz CT molecular complexity index is 569. The molecule has 0 saturated heterocycles. The number of aliphatic hydroxyl groups is 1. The van der Waals surface area contributed by atoms with Gasteiger partial charge in [-0.3, -0.25) is 0 Å². The van der Waals surface area contributed by atoms with Crippen LogP contribution in [0, 0.1) is 5.82 Å². The van der Waals surface area contributed by atoms with Crippen molar-refractivity contribution in [3.05, 3.63) is 64.4 Å². The first-order chi connectivity index (χ1) is 9.60. The molecule has 2 nitrogen and oxygen atoms in total. The fraction of sp³-hybridized carbons (Fsp3) is 0.250. The number of ether oxygens (including phenoxy) is 1. The summed E-state index contributed by atoms with van der Waals surface area (Å²) in [5, 5.41) is 10.4. The van der Waals surface area contributed by atoms with Crippen LogP contribution in [0.25, 0.3) is 0 Å². The smallest absolute Gasteiger partial charge is 0.124 e. The zero-order valence-electron chi connectivity index (χ0n) is 11.1. The summed E-state index contributed by atoms with van der Waals surface area (Å²) < 4.78 is 18.0. The summed E-state index contributed by atoms with van der Waals surface area (Å²) in [5.74, 6) is 0.400. The lowest BCUT2D eigenvalue weighted by atomic mass is 10.0. The second kappa shape index (κ2) is 6.73. The number of halogens is 2. The second-order valence-electron chi connectivity index (χ2n) is 4.57. The SMILES string of the molecule is COc1ccc(CCC(O)c2ccc(F)cc2Cl)cc1. The third kappa shape index (κ3) is 3.71. The average Bonchev–Trinajstić information content (AvgIpc) is 2.45. The first kappa shape index (κ1) is 14.8. The highest BCUT2D eigenvalue weighted by Crippen LogP contribution is 2.27. The Kier molecular flexibility index (Phi) is 4.99. The van der Waals surface area contributed by atoms with E-state index in [0.717, 1.165) is 11.3 Å². The van der Waals surface area contributed by atoms with E-state index < -0.39 is 11.9 Å². The monoisotopic (exact) mass is 294 g/mol. The molecule has 0 bridgehead atoms. The van der Waals surface area contributed by atoms with E-state index in [9.17, 15) is 9.50 Å². The van der Waals surface area contributed by atoms with Gasteiger partial charge in [0.2, 0.25) is 0 Å². The van der Waals surface area contributed by atoms with E-state index >= 15 is 0 Å². The van der Waals surface area contributed by atoms with Gasteiger partial charge >= 0.3 is 0 Å². The molecule has 2 rings (SSSR count). The summed E-state index contributed by atoms with van der Waals surface area (Å²) in [5.41, 5.74) is 1.66. The Morgan fingerprint density at radius 1 is 1.20 bits per heavy atom. The van der Waals surface area contributed by atoms with Gasteiger partial charge < -0.3 is 9.84 Å². The Balaban J connectivity index is 1.98. The number of benzene rings is 2. The summed E-state index contributed by atoms with van der Waals surface area (Å²) in [7, 11) is 1.62. The zero-order chi connectivity index (χ0) is 14.5. The maximum atomic E-state index is 13.0. The molecule has 20 heavy (non-hydrogen) atoms. The fourth-order valence-corrected chi connectivity index (χ4v) is 2.32. The van der Waals surface area contributed by atoms with Gasteiger partial charge in [-0.15, -0.1) is 0 Å². The molecule has 0 heterocycles. The van der Waals surface area contributed by atoms with Crippen LogP contribution in [-0.4, -0.2) is 12.2 Å². The predicted octanol–water partition coefficient (Wildman–Crippen LogP) is 4.15. The Morgan fingerprint density at radius 2 is 1.90 bits per heavy atom. The molecule has 2 aromatic carbocycles. The van der Waals surface area contributed by atoms with Gasteiger partial charge in [-0.2, -0.15) is 0 Å². The summed E-state index contributed by atoms with van der Waals surface area (Å²) in [4.78, 5) is 0. The van der Waals surface area contributed by atoms with Gasteiger partial charge in [-0.1, -0.05) is 29.8 Å². The molecule has 106 valence electrons. The van der Waals surface area contributed by atoms with Crippen molar-refractivity contribution in [3.63, 3.8) is 0 Å². The molecule has 1 unspecified atom stereocenters. The lowest BCUT2D eigenvalue weighted by Gasteiger charge is -2.13. The van der Waals surface area contributed by atoms with Crippen molar-refractivity contribution in [2.75, 3.05) is 7.11 Å². The topological polar surface area (TPSA) is 29.5 Å². The van der Waals surface area contributed by atoms with Crippen molar-refractivity contribution in [1.82, 2.24) is 0 Å². The van der Waals surface area contributed by atoms with Crippen LogP contribution in [0.5, 0.6) is 5.75 Å². The molecule has 0 aromatic heterocycles. The van der Waals surface area contributed by atoms with Crippen molar-refractivity contribution in [3.8, 4) is 5.75 Å². The van der Waals surface area contributed by atoms with Gasteiger partial charge in [0.05, 0.1) is 13.2 Å². The minimum Gasteiger partial charge on any atom is -0.497 e. The maximum absolute atomic E-state index is 13.0. The highest BCUT2D eigenvalue weighted by Gasteiger charge is 2.12. The maximum Gasteiger partial charge on any atom is 0.124 e. The van der Waals surface area contributed by atoms with Crippen molar-refractivity contribution in [2.45, 2.75) is 18.9 Å². The van der Waals surface area contributed by atoms with Crippen LogP contribution in [0.2, 0.25) is 5.02 Å². The number of hydrogen-bond donors (Lipinski definition) is 1. The normalized spacial score (nSPS) is 12.2. The molecule has 1 N–H and O–H groups in total. The molecule has 0 amide bonds. The fourth-order valence-electron chi connectivity index (χ4n) is 2.02. The van der Waals surface area contributed by atoms with Crippen molar-refractivity contribution < 1.29 is 14.2 Å². The van der Waals surface area contributed by atoms with Gasteiger partial charge in [-0.25, -0.2) is 4.39 Å². The third-order valence-corrected chi connectivity index (χ3v) is 3.51. The molecule has 0 radical (unpaired) electrons. The largest absolute Gasteiger partial charge is 0.497 e. The first-order valence-electron chi connectivity index (χ1n) is 6.36. The molecule has 0 spiro atoms. The number of aryl methyl sites for hydroxylation is 1. The highest BCUT2D eigenvalue weighted by atomic mass is 35.5. The lowest BCUT2D eigenvalue weighted by molar-refractivity contribution is 0.168. The highest BCUT2D eigenvalue weighted by molar-refractivity contribution is 6.31. The molecule has 0 fully saturated rings. The third-order valence-electron chi connectivity index (χ3n) is 3.19. The standard InChI is InChI=1S/C16H16ClFO2/c1-20-13-6-2-11(3-7-13)4-9-16(19)14-8-5-12(18)10-15(14)17/h2-3,5-8,10,16,19H,4,9H2,1H3. The van der Waals surface area contributed by atoms with E-state index in [1.54, 1.807) is 7.11 Å². The molecule has 1 atom stereocenters. The molecular formula is C16H16ClFO2. The summed E-state index contributed by atoms with van der Waals surface area (Å²) in [6, 6.07) is 11.7. The van der Waals surface area contributed by atoms with Crippen LogP contribution in [0.4, 0.5) is 4.39 Å². The molecule has 2 aromatic rings. The minimum atomic E-state index is -0.704. The van der Waals surface area contributed by atoms with E-state index in [1.807, 2.05) is 24.3 Å². The molecular weight excluding hydrogens is 279 g/mol. The zero-order valence-corrected chi connectivity index (χ0v) is 11.9. The number of rotatable bonds is 5. The van der Waals surface area contributed by atoms with Crippen LogP contribution in [0.1, 0.15) is 23.7 Å². The first-order valence-corrected chi connectivity index (χ1v) is 6.74. The number of hydrogen-bond acceptors (Lipinski definition) is 2. The van der Waals surface area contributed by atoms with Crippen LogP contribution >= 0.6 is 11.6 Å². The molecule has 0 saturated carbocycles. The quantitative estimate of drug-likeness (QED) is 0.897. The average molecular weight is 295 g/mol. The predicted molar refractivity (Wildman–Crippen MR) is 77.7 cm³/mol. The van der Waals surface area contributed by atoms with Gasteiger partial charge in [0.25, 0.3) is 0 Å². The van der Waals surface area contributed by atoms with Gasteiger partial charge in [0.1, 0.15) is 11.6 Å². The molecule has 0 aliphatic rings. The van der Waals surface area contributed by atoms with Crippen LogP contribution in [-0.2, 0) is 6.42 Å². The minimum absolute atomic E-state index is 0.257. The van der Waals surface area contributed by atoms with Gasteiger partial charge in [-0.05, 0) is 48.2 Å². The number of aliphatic hydroxyl groups excluding tert-OH is 1. The van der Waals surface area contributed by atoms with E-state index in [-0.39, 0.29) is 5.02 Å². The van der Waals surface area contributed by atoms with Gasteiger partial charge in [0.15, 0.2) is 0 Å². The summed E-state index contributed by atoms with van der Waals surface area (Å²) >= 11 is 5.93. The lowest BCUT2D eigenvalue weighted by Crippen LogP contribution is -2.01. The molecule has 0 aliphatic carbocycles. The van der Waals surface area contributed by atoms with Crippen LogP contribution in [0.3, 0.4) is 0 Å². The Hall–Kier alpha value is -1.58. The van der Waals surface area contributed by atoms with Crippen molar-refractivity contribution >= 4 is 11.6 Å². The van der Waals surface area contributed by atoms with Crippen molar-refractivity contribution in [1.29, 1.82) is 0 Å². The van der Waals surface area contributed by atoms with E-state index in [2.05, 4.69) is 0 Å². The van der Waals surface area contributed by atoms with Crippen molar-refractivity contribution in [2.24, 2.45) is 0 Å².